The Morgan fingerprint density at radius 1 is 1.20 bits per heavy atom. The van der Waals surface area contributed by atoms with Gasteiger partial charge < -0.3 is 4.74 Å². The van der Waals surface area contributed by atoms with E-state index in [4.69, 9.17) is 16.3 Å². The lowest BCUT2D eigenvalue weighted by Gasteiger charge is -2.07. The van der Waals surface area contributed by atoms with Crippen molar-refractivity contribution in [2.75, 3.05) is 0 Å². The quantitative estimate of drug-likeness (QED) is 0.780. The van der Waals surface area contributed by atoms with Crippen LogP contribution in [0.2, 0.25) is 5.02 Å². The predicted molar refractivity (Wildman–Crippen MR) is 74.5 cm³/mol. The predicted octanol–water partition coefficient (Wildman–Crippen LogP) is 4.05. The number of hydrogen-bond acceptors (Lipinski definition) is 2. The Morgan fingerprint density at radius 2 is 1.95 bits per heavy atom. The molecule has 4 heteroatoms. The Bertz CT molecular complexity index is 710. The molecule has 0 saturated carbocycles. The topological polar surface area (TPSA) is 26.3 Å². The Kier molecular flexibility index (Phi) is 3.32. The van der Waals surface area contributed by atoms with Crippen LogP contribution >= 0.6 is 11.6 Å². The van der Waals surface area contributed by atoms with Gasteiger partial charge in [0.05, 0.1) is 18.2 Å². The van der Waals surface area contributed by atoms with Crippen molar-refractivity contribution in [2.45, 2.75) is 20.1 Å². The zero-order valence-corrected chi connectivity index (χ0v) is 11.6. The van der Waals surface area contributed by atoms with E-state index < -0.39 is 5.82 Å². The molecule has 0 radical (unpaired) electrons. The third-order valence-corrected chi connectivity index (χ3v) is 3.79. The summed E-state index contributed by atoms with van der Waals surface area (Å²) in [5.41, 5.74) is 3.39. The van der Waals surface area contributed by atoms with Crippen LogP contribution in [0.15, 0.2) is 30.3 Å². The monoisotopic (exact) mass is 290 g/mol. The molecule has 0 unspecified atom stereocenters. The number of rotatable bonds is 2. The zero-order valence-electron chi connectivity index (χ0n) is 10.9. The summed E-state index contributed by atoms with van der Waals surface area (Å²) in [6.45, 7) is 2.71. The molecule has 102 valence electrons. The molecule has 1 aliphatic rings. The first-order valence-corrected chi connectivity index (χ1v) is 6.64. The Morgan fingerprint density at radius 3 is 2.75 bits per heavy atom. The van der Waals surface area contributed by atoms with E-state index in [-0.39, 0.29) is 10.8 Å². The van der Waals surface area contributed by atoms with Crippen molar-refractivity contribution in [2.24, 2.45) is 0 Å². The summed E-state index contributed by atoms with van der Waals surface area (Å²) in [6.07, 6.45) is 0. The number of carbonyl (C=O) groups excluding carboxylic acids is 1. The molecule has 0 atom stereocenters. The van der Waals surface area contributed by atoms with Gasteiger partial charge in [-0.3, -0.25) is 4.79 Å². The van der Waals surface area contributed by atoms with Gasteiger partial charge in [-0.15, -0.1) is 0 Å². The van der Waals surface area contributed by atoms with Crippen LogP contribution in [0.1, 0.15) is 32.6 Å². The number of aryl methyl sites for hydroxylation is 1. The van der Waals surface area contributed by atoms with Gasteiger partial charge in [0.15, 0.2) is 5.78 Å². The third kappa shape index (κ3) is 2.23. The lowest BCUT2D eigenvalue weighted by Crippen LogP contribution is -2.04. The highest BCUT2D eigenvalue weighted by atomic mass is 35.5. The van der Waals surface area contributed by atoms with Crippen LogP contribution in [0.4, 0.5) is 4.39 Å². The normalized spacial score (nSPS) is 13.3. The Labute approximate surface area is 121 Å². The van der Waals surface area contributed by atoms with E-state index in [0.29, 0.717) is 29.9 Å². The Hall–Kier alpha value is -1.71. The second-order valence-corrected chi connectivity index (χ2v) is 5.29. The number of halogens is 2. The molecular formula is C16H12ClFO2. The van der Waals surface area contributed by atoms with E-state index >= 15 is 0 Å². The summed E-state index contributed by atoms with van der Waals surface area (Å²) < 4.78 is 18.7. The summed E-state index contributed by atoms with van der Waals surface area (Å²) >= 11 is 5.98. The number of ketones is 1. The van der Waals surface area contributed by atoms with Crippen LogP contribution in [-0.4, -0.2) is 5.78 Å². The fourth-order valence-corrected chi connectivity index (χ4v) is 2.54. The maximum absolute atomic E-state index is 13.4. The van der Waals surface area contributed by atoms with Gasteiger partial charge >= 0.3 is 0 Å². The molecule has 0 spiro atoms. The molecule has 0 fully saturated rings. The minimum absolute atomic E-state index is 0.134. The van der Waals surface area contributed by atoms with E-state index in [1.165, 1.54) is 12.1 Å². The molecule has 1 heterocycles. The first-order valence-electron chi connectivity index (χ1n) is 6.26. The van der Waals surface area contributed by atoms with Crippen LogP contribution in [0.5, 0.6) is 0 Å². The van der Waals surface area contributed by atoms with Crippen LogP contribution in [0.3, 0.4) is 0 Å². The molecule has 0 N–H and O–H groups in total. The fourth-order valence-electron chi connectivity index (χ4n) is 2.30. The van der Waals surface area contributed by atoms with Gasteiger partial charge in [0.2, 0.25) is 0 Å². The lowest BCUT2D eigenvalue weighted by molar-refractivity contribution is 0.103. The van der Waals surface area contributed by atoms with E-state index in [0.717, 1.165) is 11.1 Å². The maximum Gasteiger partial charge on any atom is 0.194 e. The molecule has 2 nitrogen and oxygen atoms in total. The molecular weight excluding hydrogens is 279 g/mol. The van der Waals surface area contributed by atoms with Crippen molar-refractivity contribution >= 4 is 17.4 Å². The average Bonchev–Trinajstić information content (AvgIpc) is 2.89. The molecule has 0 aliphatic carbocycles. The van der Waals surface area contributed by atoms with Crippen LogP contribution in [0, 0.1) is 12.7 Å². The SMILES string of the molecule is Cc1cc(C(=O)c2ccc3c(c2)COC3)c(Cl)cc1F. The Balaban J connectivity index is 2.03. The van der Waals surface area contributed by atoms with Gasteiger partial charge in [-0.2, -0.15) is 0 Å². The number of carbonyl (C=O) groups is 1. The molecule has 2 aromatic carbocycles. The van der Waals surface area contributed by atoms with Crippen molar-refractivity contribution in [1.82, 2.24) is 0 Å². The number of benzene rings is 2. The second-order valence-electron chi connectivity index (χ2n) is 4.89. The minimum atomic E-state index is -0.408. The minimum Gasteiger partial charge on any atom is -0.372 e. The zero-order chi connectivity index (χ0) is 14.3. The third-order valence-electron chi connectivity index (χ3n) is 3.48. The fraction of sp³-hybridized carbons (Fsp3) is 0.188. The molecule has 0 bridgehead atoms. The average molecular weight is 291 g/mol. The number of ether oxygens (including phenoxy) is 1. The van der Waals surface area contributed by atoms with Crippen molar-refractivity contribution in [3.8, 4) is 0 Å². The van der Waals surface area contributed by atoms with Gasteiger partial charge in [0, 0.05) is 11.1 Å². The number of fused-ring (bicyclic) bond motifs is 1. The highest BCUT2D eigenvalue weighted by Gasteiger charge is 2.18. The number of hydrogen-bond donors (Lipinski definition) is 0. The molecule has 0 amide bonds. The first kappa shape index (κ1) is 13.3. The summed E-state index contributed by atoms with van der Waals surface area (Å²) in [4.78, 5) is 12.5. The summed E-state index contributed by atoms with van der Waals surface area (Å²) in [5, 5.41) is 0.134. The van der Waals surface area contributed by atoms with Crippen molar-refractivity contribution < 1.29 is 13.9 Å². The summed E-state index contributed by atoms with van der Waals surface area (Å²) in [5.74, 6) is -0.610. The second kappa shape index (κ2) is 5.00. The van der Waals surface area contributed by atoms with Gasteiger partial charge in [0.1, 0.15) is 5.82 Å². The summed E-state index contributed by atoms with van der Waals surface area (Å²) in [6, 6.07) is 8.13. The molecule has 3 rings (SSSR count). The summed E-state index contributed by atoms with van der Waals surface area (Å²) in [7, 11) is 0. The van der Waals surface area contributed by atoms with E-state index in [2.05, 4.69) is 0 Å². The highest BCUT2D eigenvalue weighted by molar-refractivity contribution is 6.35. The van der Waals surface area contributed by atoms with Crippen LogP contribution in [-0.2, 0) is 18.0 Å². The standard InChI is InChI=1S/C16H12ClFO2/c1-9-4-13(14(17)6-15(9)18)16(19)10-2-3-11-7-20-8-12(11)5-10/h2-6H,7-8H2,1H3. The maximum atomic E-state index is 13.4. The van der Waals surface area contributed by atoms with Crippen molar-refractivity contribution in [1.29, 1.82) is 0 Å². The molecule has 2 aromatic rings. The van der Waals surface area contributed by atoms with E-state index in [9.17, 15) is 9.18 Å². The van der Waals surface area contributed by atoms with Crippen LogP contribution < -0.4 is 0 Å². The highest BCUT2D eigenvalue weighted by Crippen LogP contribution is 2.26. The molecule has 0 saturated heterocycles. The van der Waals surface area contributed by atoms with Crippen LogP contribution in [0.25, 0.3) is 0 Å². The molecule has 0 aromatic heterocycles. The molecule has 1 aliphatic heterocycles. The van der Waals surface area contributed by atoms with E-state index in [1.807, 2.05) is 12.1 Å². The van der Waals surface area contributed by atoms with Gasteiger partial charge in [-0.25, -0.2) is 4.39 Å². The van der Waals surface area contributed by atoms with Gasteiger partial charge in [-0.1, -0.05) is 23.7 Å². The van der Waals surface area contributed by atoms with Crippen molar-refractivity contribution in [3.05, 3.63) is 69.0 Å². The first-order chi connectivity index (χ1) is 9.56. The van der Waals surface area contributed by atoms with Gasteiger partial charge in [0.25, 0.3) is 0 Å². The van der Waals surface area contributed by atoms with E-state index in [1.54, 1.807) is 13.0 Å². The largest absolute Gasteiger partial charge is 0.372 e. The molecule has 20 heavy (non-hydrogen) atoms. The smallest absolute Gasteiger partial charge is 0.194 e. The van der Waals surface area contributed by atoms with Gasteiger partial charge in [-0.05, 0) is 41.8 Å². The lowest BCUT2D eigenvalue weighted by atomic mass is 9.98. The van der Waals surface area contributed by atoms with Crippen molar-refractivity contribution in [3.63, 3.8) is 0 Å².